The fourth-order valence-corrected chi connectivity index (χ4v) is 3.63. The van der Waals surface area contributed by atoms with Crippen molar-refractivity contribution in [3.8, 4) is 5.69 Å². The third kappa shape index (κ3) is 6.23. The first-order chi connectivity index (χ1) is 16.2. The molecule has 0 aliphatic rings. The van der Waals surface area contributed by atoms with Crippen molar-refractivity contribution in [2.24, 2.45) is 0 Å². The number of aromatic nitrogens is 2. The summed E-state index contributed by atoms with van der Waals surface area (Å²) in [6.07, 6.45) is 0.292. The summed E-state index contributed by atoms with van der Waals surface area (Å²) in [7, 11) is 1.26. The Morgan fingerprint density at radius 3 is 2.35 bits per heavy atom. The van der Waals surface area contributed by atoms with Gasteiger partial charge in [0.05, 0.1) is 31.3 Å². The predicted octanol–water partition coefficient (Wildman–Crippen LogP) is 3.46. The number of hydrogen-bond donors (Lipinski definition) is 2. The Morgan fingerprint density at radius 1 is 1.00 bits per heavy atom. The maximum absolute atomic E-state index is 12.7. The van der Waals surface area contributed by atoms with Crippen LogP contribution in [0, 0.1) is 20.8 Å². The fourth-order valence-electron chi connectivity index (χ4n) is 3.46. The third-order valence-electron chi connectivity index (χ3n) is 5.44. The molecule has 3 aromatic rings. The molecule has 1 aromatic heterocycles. The predicted molar refractivity (Wildman–Crippen MR) is 130 cm³/mol. The van der Waals surface area contributed by atoms with Gasteiger partial charge in [0.15, 0.2) is 0 Å². The zero-order valence-electron chi connectivity index (χ0n) is 19.6. The van der Waals surface area contributed by atoms with Crippen LogP contribution >= 0.6 is 11.6 Å². The molecule has 0 bridgehead atoms. The normalized spacial score (nSPS) is 10.6. The average molecular weight is 483 g/mol. The molecule has 0 unspecified atom stereocenters. The molecule has 2 N–H and O–H groups in total. The minimum Gasteiger partial charge on any atom is -0.468 e. The van der Waals surface area contributed by atoms with Crippen molar-refractivity contribution in [3.63, 3.8) is 0 Å². The number of halogens is 1. The maximum Gasteiger partial charge on any atom is 0.325 e. The molecule has 0 aliphatic heterocycles. The van der Waals surface area contributed by atoms with Gasteiger partial charge < -0.3 is 15.4 Å². The van der Waals surface area contributed by atoms with Crippen molar-refractivity contribution in [1.82, 2.24) is 15.1 Å². The molecule has 0 aliphatic carbocycles. The lowest BCUT2D eigenvalue weighted by molar-refractivity contribution is -0.141. The summed E-state index contributed by atoms with van der Waals surface area (Å²) in [6.45, 7) is 5.57. The van der Waals surface area contributed by atoms with Crippen LogP contribution in [0.3, 0.4) is 0 Å². The highest BCUT2D eigenvalue weighted by Gasteiger charge is 2.17. The van der Waals surface area contributed by atoms with Gasteiger partial charge in [0.1, 0.15) is 6.54 Å². The van der Waals surface area contributed by atoms with Gasteiger partial charge in [-0.3, -0.25) is 14.4 Å². The van der Waals surface area contributed by atoms with Gasteiger partial charge in [0.25, 0.3) is 0 Å². The van der Waals surface area contributed by atoms with E-state index in [0.29, 0.717) is 10.7 Å². The van der Waals surface area contributed by atoms with Crippen LogP contribution in [0.4, 0.5) is 5.69 Å². The Labute approximate surface area is 203 Å². The van der Waals surface area contributed by atoms with Crippen molar-refractivity contribution in [2.75, 3.05) is 19.0 Å². The average Bonchev–Trinajstić information content (AvgIpc) is 3.08. The summed E-state index contributed by atoms with van der Waals surface area (Å²) in [5.41, 5.74) is 5.71. The highest BCUT2D eigenvalue weighted by molar-refractivity contribution is 6.31. The molecule has 9 heteroatoms. The van der Waals surface area contributed by atoms with E-state index in [-0.39, 0.29) is 31.2 Å². The van der Waals surface area contributed by atoms with Crippen LogP contribution < -0.4 is 10.6 Å². The molecule has 2 aromatic carbocycles. The first kappa shape index (κ1) is 25.0. The first-order valence-electron chi connectivity index (χ1n) is 10.7. The fraction of sp³-hybridized carbons (Fsp3) is 0.280. The Hall–Kier alpha value is -3.65. The summed E-state index contributed by atoms with van der Waals surface area (Å²) in [5, 5.41) is 10.6. The van der Waals surface area contributed by atoms with E-state index in [1.807, 2.05) is 39.0 Å². The lowest BCUT2D eigenvalue weighted by Crippen LogP contribution is -2.31. The van der Waals surface area contributed by atoms with Crippen LogP contribution in [-0.4, -0.2) is 41.2 Å². The maximum atomic E-state index is 12.7. The molecular formula is C25H27ClN4O4. The molecule has 178 valence electrons. The Balaban J connectivity index is 1.61. The number of anilines is 1. The number of nitrogens with zero attached hydrogens (tertiary/aromatic N) is 2. The van der Waals surface area contributed by atoms with Crippen molar-refractivity contribution in [1.29, 1.82) is 0 Å². The van der Waals surface area contributed by atoms with Gasteiger partial charge in [-0.05, 0) is 56.2 Å². The number of carbonyl (C=O) groups is 3. The number of carbonyl (C=O) groups excluding carboxylic acids is 3. The molecule has 3 rings (SSSR count). The van der Waals surface area contributed by atoms with Crippen LogP contribution in [-0.2, 0) is 32.0 Å². The van der Waals surface area contributed by atoms with E-state index in [9.17, 15) is 14.4 Å². The third-order valence-corrected chi connectivity index (χ3v) is 5.85. The number of esters is 1. The topological polar surface area (TPSA) is 102 Å². The van der Waals surface area contributed by atoms with E-state index in [2.05, 4.69) is 20.5 Å². The Morgan fingerprint density at radius 2 is 1.71 bits per heavy atom. The summed E-state index contributed by atoms with van der Waals surface area (Å²) in [4.78, 5) is 35.7. The minimum absolute atomic E-state index is 0.117. The summed E-state index contributed by atoms with van der Waals surface area (Å²) in [6, 6.07) is 12.7. The van der Waals surface area contributed by atoms with Gasteiger partial charge in [-0.1, -0.05) is 29.8 Å². The lowest BCUT2D eigenvalue weighted by Gasteiger charge is -2.09. The van der Waals surface area contributed by atoms with Gasteiger partial charge >= 0.3 is 5.97 Å². The first-order valence-corrected chi connectivity index (χ1v) is 11.1. The zero-order chi connectivity index (χ0) is 24.8. The molecule has 0 saturated heterocycles. The summed E-state index contributed by atoms with van der Waals surface area (Å²) in [5.74, 6) is -0.971. The standard InChI is InChI=1S/C25H27ClN4O4/c1-15-5-10-20(12-22(15)26)30-17(3)21(16(2)29-30)13-24(32)28-19-8-6-18(7-9-19)11-23(31)27-14-25(33)34-4/h5-10,12H,11,13-14H2,1-4H3,(H,27,31)(H,28,32). The highest BCUT2D eigenvalue weighted by Crippen LogP contribution is 2.23. The highest BCUT2D eigenvalue weighted by atomic mass is 35.5. The molecule has 0 spiro atoms. The smallest absolute Gasteiger partial charge is 0.325 e. The van der Waals surface area contributed by atoms with Gasteiger partial charge in [-0.25, -0.2) is 4.68 Å². The van der Waals surface area contributed by atoms with Gasteiger partial charge in [-0.2, -0.15) is 5.10 Å². The van der Waals surface area contributed by atoms with Crippen molar-refractivity contribution in [2.45, 2.75) is 33.6 Å². The number of nitrogens with one attached hydrogen (secondary N) is 2. The largest absolute Gasteiger partial charge is 0.468 e. The van der Waals surface area contributed by atoms with Crippen molar-refractivity contribution >= 4 is 35.1 Å². The molecule has 8 nitrogen and oxygen atoms in total. The summed E-state index contributed by atoms with van der Waals surface area (Å²) < 4.78 is 6.28. The number of ether oxygens (including phenoxy) is 1. The number of hydrogen-bond acceptors (Lipinski definition) is 5. The van der Waals surface area contributed by atoms with Gasteiger partial charge in [-0.15, -0.1) is 0 Å². The van der Waals surface area contributed by atoms with E-state index < -0.39 is 5.97 Å². The number of aryl methyl sites for hydroxylation is 2. The quantitative estimate of drug-likeness (QED) is 0.479. The number of amides is 2. The van der Waals surface area contributed by atoms with Crippen LogP contribution in [0.2, 0.25) is 5.02 Å². The van der Waals surface area contributed by atoms with Gasteiger partial charge in [0.2, 0.25) is 11.8 Å². The van der Waals surface area contributed by atoms with Crippen molar-refractivity contribution < 1.29 is 19.1 Å². The Bertz CT molecular complexity index is 1220. The molecule has 0 fully saturated rings. The van der Waals surface area contributed by atoms with Gasteiger partial charge in [0, 0.05) is 22.0 Å². The van der Waals surface area contributed by atoms with E-state index in [1.165, 1.54) is 7.11 Å². The van der Waals surface area contributed by atoms with E-state index in [0.717, 1.165) is 33.8 Å². The second kappa shape index (κ2) is 11.0. The number of rotatable bonds is 8. The molecule has 34 heavy (non-hydrogen) atoms. The Kier molecular flexibility index (Phi) is 8.07. The van der Waals surface area contributed by atoms with E-state index >= 15 is 0 Å². The number of benzene rings is 2. The van der Waals surface area contributed by atoms with E-state index in [1.54, 1.807) is 28.9 Å². The van der Waals surface area contributed by atoms with E-state index in [4.69, 9.17) is 11.6 Å². The molecule has 0 radical (unpaired) electrons. The van der Waals surface area contributed by atoms with Crippen LogP contribution in [0.1, 0.15) is 28.1 Å². The molecule has 1 heterocycles. The zero-order valence-corrected chi connectivity index (χ0v) is 20.3. The van der Waals surface area contributed by atoms with Crippen molar-refractivity contribution in [3.05, 3.63) is 75.6 Å². The molecule has 2 amide bonds. The molecule has 0 atom stereocenters. The van der Waals surface area contributed by atoms with Crippen LogP contribution in [0.5, 0.6) is 0 Å². The second-order valence-electron chi connectivity index (χ2n) is 7.95. The monoisotopic (exact) mass is 482 g/mol. The van der Waals surface area contributed by atoms with Crippen LogP contribution in [0.25, 0.3) is 5.69 Å². The number of methoxy groups -OCH3 is 1. The molecular weight excluding hydrogens is 456 g/mol. The molecule has 0 saturated carbocycles. The van der Waals surface area contributed by atoms with Crippen LogP contribution in [0.15, 0.2) is 42.5 Å². The lowest BCUT2D eigenvalue weighted by atomic mass is 10.1. The minimum atomic E-state index is -0.509. The SMILES string of the molecule is COC(=O)CNC(=O)Cc1ccc(NC(=O)Cc2c(C)nn(-c3ccc(C)c(Cl)c3)c2C)cc1. The summed E-state index contributed by atoms with van der Waals surface area (Å²) >= 11 is 6.26. The second-order valence-corrected chi connectivity index (χ2v) is 8.35.